The standard InChI is InChI=1S/C17H21N3O2S/c1-13-5-6-15(16(21)18-13)17(22)20-8-3-7-19(9-10-20)12-14-4-2-11-23-14/h2,4-6,11H,3,7-10,12H2,1H3,(H,18,21). The van der Waals surface area contributed by atoms with Crippen molar-refractivity contribution in [2.75, 3.05) is 26.2 Å². The number of nitrogens with zero attached hydrogens (tertiary/aromatic N) is 2. The van der Waals surface area contributed by atoms with Crippen LogP contribution >= 0.6 is 11.3 Å². The molecule has 0 saturated carbocycles. The molecule has 0 atom stereocenters. The normalized spacial score (nSPS) is 16.3. The second kappa shape index (κ2) is 7.10. The number of carbonyl (C=O) groups is 1. The first-order chi connectivity index (χ1) is 11.1. The lowest BCUT2D eigenvalue weighted by atomic mass is 10.2. The Morgan fingerprint density at radius 3 is 2.83 bits per heavy atom. The third-order valence-electron chi connectivity index (χ3n) is 4.12. The summed E-state index contributed by atoms with van der Waals surface area (Å²) < 4.78 is 0. The maximum Gasteiger partial charge on any atom is 0.260 e. The van der Waals surface area contributed by atoms with E-state index in [1.54, 1.807) is 28.4 Å². The van der Waals surface area contributed by atoms with E-state index in [1.165, 1.54) is 4.88 Å². The van der Waals surface area contributed by atoms with Gasteiger partial charge in [-0.25, -0.2) is 0 Å². The lowest BCUT2D eigenvalue weighted by molar-refractivity contribution is 0.0759. The van der Waals surface area contributed by atoms with Gasteiger partial charge in [-0.2, -0.15) is 0 Å². The van der Waals surface area contributed by atoms with E-state index >= 15 is 0 Å². The summed E-state index contributed by atoms with van der Waals surface area (Å²) in [5.74, 6) is -0.163. The van der Waals surface area contributed by atoms with Crippen LogP contribution in [0.5, 0.6) is 0 Å². The number of hydrogen-bond acceptors (Lipinski definition) is 4. The Labute approximate surface area is 139 Å². The quantitative estimate of drug-likeness (QED) is 0.937. The molecule has 23 heavy (non-hydrogen) atoms. The largest absolute Gasteiger partial charge is 0.337 e. The summed E-state index contributed by atoms with van der Waals surface area (Å²) in [6.45, 7) is 5.93. The Balaban J connectivity index is 1.65. The molecule has 2 aromatic heterocycles. The van der Waals surface area contributed by atoms with Crippen LogP contribution in [0, 0.1) is 6.92 Å². The van der Waals surface area contributed by atoms with Gasteiger partial charge in [0.25, 0.3) is 11.5 Å². The topological polar surface area (TPSA) is 56.4 Å². The highest BCUT2D eigenvalue weighted by atomic mass is 32.1. The van der Waals surface area contributed by atoms with Crippen LogP contribution in [0.3, 0.4) is 0 Å². The van der Waals surface area contributed by atoms with Crippen LogP contribution in [0.1, 0.15) is 27.3 Å². The zero-order valence-corrected chi connectivity index (χ0v) is 14.1. The fraction of sp³-hybridized carbons (Fsp3) is 0.412. The van der Waals surface area contributed by atoms with Crippen LogP contribution in [0.15, 0.2) is 34.4 Å². The van der Waals surface area contributed by atoms with Crippen LogP contribution in [0.2, 0.25) is 0 Å². The number of pyridine rings is 1. The smallest absolute Gasteiger partial charge is 0.260 e. The minimum Gasteiger partial charge on any atom is -0.337 e. The second-order valence-electron chi connectivity index (χ2n) is 5.89. The van der Waals surface area contributed by atoms with E-state index in [4.69, 9.17) is 0 Å². The van der Waals surface area contributed by atoms with Gasteiger partial charge >= 0.3 is 0 Å². The fourth-order valence-electron chi connectivity index (χ4n) is 2.87. The molecule has 1 amide bonds. The van der Waals surface area contributed by atoms with Gasteiger partial charge in [0.05, 0.1) is 0 Å². The van der Waals surface area contributed by atoms with E-state index in [-0.39, 0.29) is 17.0 Å². The number of aryl methyl sites for hydroxylation is 1. The van der Waals surface area contributed by atoms with Gasteiger partial charge in [0.2, 0.25) is 0 Å². The highest BCUT2D eigenvalue weighted by Gasteiger charge is 2.22. The maximum atomic E-state index is 12.6. The van der Waals surface area contributed by atoms with Gasteiger partial charge in [-0.05, 0) is 36.9 Å². The van der Waals surface area contributed by atoms with Crippen molar-refractivity contribution in [3.63, 3.8) is 0 Å². The van der Waals surface area contributed by atoms with E-state index in [0.29, 0.717) is 13.1 Å². The highest BCUT2D eigenvalue weighted by molar-refractivity contribution is 7.09. The van der Waals surface area contributed by atoms with Crippen LogP contribution in [-0.4, -0.2) is 46.9 Å². The Morgan fingerprint density at radius 1 is 1.22 bits per heavy atom. The van der Waals surface area contributed by atoms with Crippen molar-refractivity contribution >= 4 is 17.2 Å². The first kappa shape index (κ1) is 16.0. The maximum absolute atomic E-state index is 12.6. The van der Waals surface area contributed by atoms with E-state index in [0.717, 1.165) is 31.7 Å². The van der Waals surface area contributed by atoms with Crippen LogP contribution in [-0.2, 0) is 6.54 Å². The number of rotatable bonds is 3. The van der Waals surface area contributed by atoms with Crippen LogP contribution in [0.25, 0.3) is 0 Å². The van der Waals surface area contributed by atoms with E-state index in [1.807, 2.05) is 6.92 Å². The average Bonchev–Trinajstić information content (AvgIpc) is 2.91. The third-order valence-corrected chi connectivity index (χ3v) is 4.98. The van der Waals surface area contributed by atoms with Crippen molar-refractivity contribution in [1.29, 1.82) is 0 Å². The minimum absolute atomic E-state index is 0.163. The number of hydrogen-bond donors (Lipinski definition) is 1. The molecule has 0 radical (unpaired) electrons. The Bertz CT molecular complexity index is 724. The molecular weight excluding hydrogens is 310 g/mol. The number of amides is 1. The Morgan fingerprint density at radius 2 is 2.09 bits per heavy atom. The summed E-state index contributed by atoms with van der Waals surface area (Å²) in [5, 5.41) is 2.09. The molecule has 0 aliphatic carbocycles. The molecule has 5 nitrogen and oxygen atoms in total. The van der Waals surface area contributed by atoms with Gasteiger partial charge in [-0.15, -0.1) is 11.3 Å². The molecule has 0 aromatic carbocycles. The predicted octanol–water partition coefficient (Wildman–Crippen LogP) is 2.09. The van der Waals surface area contributed by atoms with Gasteiger partial charge < -0.3 is 9.88 Å². The first-order valence-corrected chi connectivity index (χ1v) is 8.75. The van der Waals surface area contributed by atoms with Crippen molar-refractivity contribution in [2.45, 2.75) is 19.9 Å². The van der Waals surface area contributed by atoms with Crippen molar-refractivity contribution in [1.82, 2.24) is 14.8 Å². The van der Waals surface area contributed by atoms with Crippen LogP contribution < -0.4 is 5.56 Å². The van der Waals surface area contributed by atoms with Gasteiger partial charge in [0.1, 0.15) is 5.56 Å². The number of aromatic nitrogens is 1. The molecule has 0 spiro atoms. The molecule has 3 heterocycles. The lowest BCUT2D eigenvalue weighted by Gasteiger charge is -2.21. The highest BCUT2D eigenvalue weighted by Crippen LogP contribution is 2.14. The average molecular weight is 331 g/mol. The van der Waals surface area contributed by atoms with E-state index < -0.39 is 0 Å². The summed E-state index contributed by atoms with van der Waals surface area (Å²) in [4.78, 5) is 32.8. The van der Waals surface area contributed by atoms with Crippen molar-refractivity contribution < 1.29 is 4.79 Å². The van der Waals surface area contributed by atoms with Crippen molar-refractivity contribution in [3.8, 4) is 0 Å². The number of aromatic amines is 1. The monoisotopic (exact) mass is 331 g/mol. The molecule has 3 rings (SSSR count). The summed E-state index contributed by atoms with van der Waals surface area (Å²) in [6.07, 6.45) is 0.931. The van der Waals surface area contributed by atoms with Gasteiger partial charge in [0.15, 0.2) is 0 Å². The molecule has 1 aliphatic rings. The van der Waals surface area contributed by atoms with E-state index in [2.05, 4.69) is 27.4 Å². The molecule has 1 aliphatic heterocycles. The zero-order chi connectivity index (χ0) is 16.2. The number of H-pyrrole nitrogens is 1. The third kappa shape index (κ3) is 3.89. The second-order valence-corrected chi connectivity index (χ2v) is 6.92. The van der Waals surface area contributed by atoms with Crippen LogP contribution in [0.4, 0.5) is 0 Å². The predicted molar refractivity (Wildman–Crippen MR) is 91.9 cm³/mol. The molecule has 1 saturated heterocycles. The fourth-order valence-corrected chi connectivity index (χ4v) is 3.61. The molecule has 1 N–H and O–H groups in total. The first-order valence-electron chi connectivity index (χ1n) is 7.87. The summed E-state index contributed by atoms with van der Waals surface area (Å²) >= 11 is 1.76. The van der Waals surface area contributed by atoms with Crippen molar-refractivity contribution in [3.05, 3.63) is 56.1 Å². The minimum atomic E-state index is -0.297. The Kier molecular flexibility index (Phi) is 4.93. The summed E-state index contributed by atoms with van der Waals surface area (Å²) in [7, 11) is 0. The van der Waals surface area contributed by atoms with E-state index in [9.17, 15) is 9.59 Å². The number of thiophene rings is 1. The number of carbonyl (C=O) groups excluding carboxylic acids is 1. The Hall–Kier alpha value is -1.92. The molecule has 6 heteroatoms. The summed E-state index contributed by atoms with van der Waals surface area (Å²) in [5.41, 5.74) is 0.710. The molecule has 2 aromatic rings. The molecule has 0 bridgehead atoms. The van der Waals surface area contributed by atoms with Crippen molar-refractivity contribution in [2.24, 2.45) is 0 Å². The van der Waals surface area contributed by atoms with Gasteiger partial charge in [-0.1, -0.05) is 6.07 Å². The lowest BCUT2D eigenvalue weighted by Crippen LogP contribution is -2.37. The SMILES string of the molecule is Cc1ccc(C(=O)N2CCCN(Cc3cccs3)CC2)c(=O)[nH]1. The van der Waals surface area contributed by atoms with Gasteiger partial charge in [-0.3, -0.25) is 14.5 Å². The zero-order valence-electron chi connectivity index (χ0n) is 13.2. The molecule has 122 valence electrons. The van der Waals surface area contributed by atoms with Gasteiger partial charge in [0, 0.05) is 43.3 Å². The number of nitrogens with one attached hydrogen (secondary N) is 1. The summed E-state index contributed by atoms with van der Waals surface area (Å²) in [6, 6.07) is 7.61. The molecule has 0 unspecified atom stereocenters. The molecular formula is C17H21N3O2S. The molecule has 1 fully saturated rings.